The number of aromatic nitrogens is 2. The second-order valence-electron chi connectivity index (χ2n) is 4.84. The standard InChI is InChI=1S/C12H19N3O3/c1-2-11-13-10(14-18-11)9-15-5-3-12(4-6-15)16-7-8-17-12/h2-9H2,1H3. The first-order chi connectivity index (χ1) is 8.80. The van der Waals surface area contributed by atoms with E-state index in [1.54, 1.807) is 0 Å². The summed E-state index contributed by atoms with van der Waals surface area (Å²) in [5, 5.41) is 3.98. The molecule has 1 spiro atoms. The zero-order valence-corrected chi connectivity index (χ0v) is 10.7. The molecule has 2 aliphatic heterocycles. The summed E-state index contributed by atoms with van der Waals surface area (Å²) in [7, 11) is 0. The van der Waals surface area contributed by atoms with E-state index in [2.05, 4.69) is 15.0 Å². The van der Waals surface area contributed by atoms with Crippen LogP contribution in [0.3, 0.4) is 0 Å². The second-order valence-corrected chi connectivity index (χ2v) is 4.84. The van der Waals surface area contributed by atoms with E-state index < -0.39 is 0 Å². The summed E-state index contributed by atoms with van der Waals surface area (Å²) < 4.78 is 16.5. The number of ether oxygens (including phenoxy) is 2. The summed E-state index contributed by atoms with van der Waals surface area (Å²) in [5.74, 6) is 1.18. The molecular formula is C12H19N3O3. The second kappa shape index (κ2) is 4.95. The highest BCUT2D eigenvalue weighted by molar-refractivity contribution is 4.89. The fourth-order valence-corrected chi connectivity index (χ4v) is 2.54. The molecule has 6 nitrogen and oxygen atoms in total. The Labute approximate surface area is 106 Å². The largest absolute Gasteiger partial charge is 0.347 e. The van der Waals surface area contributed by atoms with Crippen molar-refractivity contribution in [3.05, 3.63) is 11.7 Å². The maximum atomic E-state index is 5.70. The van der Waals surface area contributed by atoms with Gasteiger partial charge in [0.1, 0.15) is 0 Å². The smallest absolute Gasteiger partial charge is 0.226 e. The van der Waals surface area contributed by atoms with Crippen molar-refractivity contribution in [2.24, 2.45) is 0 Å². The third-order valence-electron chi connectivity index (χ3n) is 3.61. The number of rotatable bonds is 3. The Hall–Kier alpha value is -0.980. The Morgan fingerprint density at radius 2 is 1.94 bits per heavy atom. The van der Waals surface area contributed by atoms with Crippen molar-refractivity contribution >= 4 is 0 Å². The van der Waals surface area contributed by atoms with Gasteiger partial charge in [0, 0.05) is 32.4 Å². The molecule has 0 bridgehead atoms. The van der Waals surface area contributed by atoms with E-state index in [1.165, 1.54) is 0 Å². The number of nitrogens with zero attached hydrogens (tertiary/aromatic N) is 3. The van der Waals surface area contributed by atoms with Gasteiger partial charge in [0.2, 0.25) is 5.89 Å². The van der Waals surface area contributed by atoms with Crippen LogP contribution in [0.5, 0.6) is 0 Å². The molecule has 6 heteroatoms. The maximum Gasteiger partial charge on any atom is 0.226 e. The van der Waals surface area contributed by atoms with Crippen LogP contribution in [0.15, 0.2) is 4.52 Å². The number of likely N-dealkylation sites (tertiary alicyclic amines) is 1. The summed E-state index contributed by atoms with van der Waals surface area (Å²) in [5.41, 5.74) is 0. The lowest BCUT2D eigenvalue weighted by Crippen LogP contribution is -2.44. The zero-order valence-electron chi connectivity index (χ0n) is 10.7. The van der Waals surface area contributed by atoms with Crippen molar-refractivity contribution in [1.82, 2.24) is 15.0 Å². The third-order valence-corrected chi connectivity index (χ3v) is 3.61. The average Bonchev–Trinajstić information content (AvgIpc) is 3.02. The SMILES string of the molecule is CCc1nc(CN2CCC3(CC2)OCCO3)no1. The summed E-state index contributed by atoms with van der Waals surface area (Å²) in [4.78, 5) is 6.65. The van der Waals surface area contributed by atoms with Crippen molar-refractivity contribution < 1.29 is 14.0 Å². The van der Waals surface area contributed by atoms with Gasteiger partial charge in [-0.1, -0.05) is 12.1 Å². The quantitative estimate of drug-likeness (QED) is 0.800. The van der Waals surface area contributed by atoms with Gasteiger partial charge < -0.3 is 14.0 Å². The minimum atomic E-state index is -0.303. The normalized spacial score (nSPS) is 23.8. The molecule has 0 saturated carbocycles. The van der Waals surface area contributed by atoms with Gasteiger partial charge in [0.15, 0.2) is 11.6 Å². The Morgan fingerprint density at radius 3 is 2.56 bits per heavy atom. The van der Waals surface area contributed by atoms with Crippen LogP contribution in [0, 0.1) is 0 Å². The van der Waals surface area contributed by atoms with Crippen LogP contribution >= 0.6 is 0 Å². The minimum Gasteiger partial charge on any atom is -0.347 e. The molecule has 100 valence electrons. The molecule has 3 rings (SSSR count). The van der Waals surface area contributed by atoms with Crippen LogP contribution in [0.1, 0.15) is 31.5 Å². The van der Waals surface area contributed by atoms with Gasteiger partial charge in [-0.15, -0.1) is 0 Å². The molecule has 2 aliphatic rings. The van der Waals surface area contributed by atoms with E-state index in [-0.39, 0.29) is 5.79 Å². The molecule has 0 aromatic carbocycles. The minimum absolute atomic E-state index is 0.303. The van der Waals surface area contributed by atoms with E-state index >= 15 is 0 Å². The number of piperidine rings is 1. The van der Waals surface area contributed by atoms with Gasteiger partial charge in [0.05, 0.1) is 19.8 Å². The van der Waals surface area contributed by atoms with Crippen molar-refractivity contribution in [3.63, 3.8) is 0 Å². The highest BCUT2D eigenvalue weighted by Gasteiger charge is 2.39. The van der Waals surface area contributed by atoms with Crippen molar-refractivity contribution in [3.8, 4) is 0 Å². The summed E-state index contributed by atoms with van der Waals surface area (Å²) in [6.07, 6.45) is 2.63. The predicted molar refractivity (Wildman–Crippen MR) is 62.8 cm³/mol. The summed E-state index contributed by atoms with van der Waals surface area (Å²) >= 11 is 0. The van der Waals surface area contributed by atoms with Gasteiger partial charge in [-0.2, -0.15) is 4.98 Å². The zero-order chi connectivity index (χ0) is 12.4. The topological polar surface area (TPSA) is 60.6 Å². The number of hydrogen-bond donors (Lipinski definition) is 0. The molecule has 2 saturated heterocycles. The van der Waals surface area contributed by atoms with Gasteiger partial charge in [0.25, 0.3) is 0 Å². The van der Waals surface area contributed by atoms with Crippen molar-refractivity contribution in [2.75, 3.05) is 26.3 Å². The molecule has 0 amide bonds. The van der Waals surface area contributed by atoms with Crippen LogP contribution < -0.4 is 0 Å². The van der Waals surface area contributed by atoms with E-state index in [4.69, 9.17) is 14.0 Å². The predicted octanol–water partition coefficient (Wildman–Crippen LogP) is 0.971. The molecule has 0 radical (unpaired) electrons. The Morgan fingerprint density at radius 1 is 1.22 bits per heavy atom. The first-order valence-electron chi connectivity index (χ1n) is 6.61. The molecule has 0 unspecified atom stereocenters. The van der Waals surface area contributed by atoms with Crippen molar-refractivity contribution in [1.29, 1.82) is 0 Å². The monoisotopic (exact) mass is 253 g/mol. The van der Waals surface area contributed by atoms with Crippen LogP contribution in [0.25, 0.3) is 0 Å². The lowest BCUT2D eigenvalue weighted by molar-refractivity contribution is -0.186. The van der Waals surface area contributed by atoms with Crippen LogP contribution in [0.2, 0.25) is 0 Å². The average molecular weight is 253 g/mol. The Bertz CT molecular complexity index is 391. The Kier molecular flexibility index (Phi) is 3.32. The molecule has 0 atom stereocenters. The Balaban J connectivity index is 1.53. The number of hydrogen-bond acceptors (Lipinski definition) is 6. The van der Waals surface area contributed by atoms with Gasteiger partial charge in [-0.05, 0) is 0 Å². The van der Waals surface area contributed by atoms with E-state index in [1.807, 2.05) is 6.92 Å². The maximum absolute atomic E-state index is 5.70. The lowest BCUT2D eigenvalue weighted by Gasteiger charge is -2.36. The lowest BCUT2D eigenvalue weighted by atomic mass is 10.0. The summed E-state index contributed by atoms with van der Waals surface area (Å²) in [6, 6.07) is 0. The van der Waals surface area contributed by atoms with Gasteiger partial charge >= 0.3 is 0 Å². The van der Waals surface area contributed by atoms with Crippen molar-refractivity contribution in [2.45, 2.75) is 38.5 Å². The molecule has 3 heterocycles. The third kappa shape index (κ3) is 2.41. The first-order valence-corrected chi connectivity index (χ1v) is 6.61. The highest BCUT2D eigenvalue weighted by atomic mass is 16.7. The van der Waals surface area contributed by atoms with E-state index in [9.17, 15) is 0 Å². The summed E-state index contributed by atoms with van der Waals surface area (Å²) in [6.45, 7) is 6.12. The molecular weight excluding hydrogens is 234 g/mol. The van der Waals surface area contributed by atoms with Crippen LogP contribution in [0.4, 0.5) is 0 Å². The molecule has 18 heavy (non-hydrogen) atoms. The first kappa shape index (κ1) is 12.1. The van der Waals surface area contributed by atoms with Gasteiger partial charge in [-0.25, -0.2) is 0 Å². The highest BCUT2D eigenvalue weighted by Crippen LogP contribution is 2.31. The van der Waals surface area contributed by atoms with E-state index in [0.717, 1.165) is 57.9 Å². The number of aryl methyl sites for hydroxylation is 1. The molecule has 0 N–H and O–H groups in total. The molecule has 0 aliphatic carbocycles. The molecule has 2 fully saturated rings. The molecule has 1 aromatic heterocycles. The fraction of sp³-hybridized carbons (Fsp3) is 0.833. The van der Waals surface area contributed by atoms with E-state index in [0.29, 0.717) is 5.89 Å². The fourth-order valence-electron chi connectivity index (χ4n) is 2.54. The van der Waals surface area contributed by atoms with Gasteiger partial charge in [-0.3, -0.25) is 4.90 Å². The van der Waals surface area contributed by atoms with Crippen LogP contribution in [-0.4, -0.2) is 47.1 Å². The molecule has 1 aromatic rings. The van der Waals surface area contributed by atoms with Crippen LogP contribution in [-0.2, 0) is 22.4 Å².